The fourth-order valence-corrected chi connectivity index (χ4v) is 3.69. The summed E-state index contributed by atoms with van der Waals surface area (Å²) in [6, 6.07) is 34.4. The lowest BCUT2D eigenvalue weighted by Crippen LogP contribution is -1.98. The van der Waals surface area contributed by atoms with Crippen LogP contribution in [0.15, 0.2) is 103 Å². The van der Waals surface area contributed by atoms with Gasteiger partial charge in [0.05, 0.1) is 0 Å². The van der Waals surface area contributed by atoms with E-state index in [1.807, 2.05) is 12.2 Å². The van der Waals surface area contributed by atoms with E-state index in [1.165, 1.54) is 28.8 Å². The van der Waals surface area contributed by atoms with Gasteiger partial charge in [-0.1, -0.05) is 122 Å². The van der Waals surface area contributed by atoms with Gasteiger partial charge in [0.2, 0.25) is 0 Å². The van der Waals surface area contributed by atoms with Gasteiger partial charge in [0.1, 0.15) is 5.82 Å². The lowest BCUT2D eigenvalue weighted by molar-refractivity contribution is 0.628. The summed E-state index contributed by atoms with van der Waals surface area (Å²) in [7, 11) is 0. The predicted molar refractivity (Wildman–Crippen MR) is 136 cm³/mol. The SMILES string of the molecule is C[C@H](Cc1ccc(C=Cc2ccc(C=Cc3ccc(F)cc3)cc2)cc1)c1ccccc1. The Morgan fingerprint density at radius 3 is 1.44 bits per heavy atom. The number of hydrogen-bond acceptors (Lipinski definition) is 0. The molecule has 0 amide bonds. The summed E-state index contributed by atoms with van der Waals surface area (Å²) in [6.45, 7) is 2.28. The quantitative estimate of drug-likeness (QED) is 0.264. The third-order valence-electron chi connectivity index (χ3n) is 5.63. The Bertz CT molecular complexity index is 1170. The molecule has 32 heavy (non-hydrogen) atoms. The van der Waals surface area contributed by atoms with E-state index in [-0.39, 0.29) is 5.82 Å². The van der Waals surface area contributed by atoms with E-state index in [1.54, 1.807) is 12.1 Å². The monoisotopic (exact) mass is 418 g/mol. The summed E-state index contributed by atoms with van der Waals surface area (Å²) < 4.78 is 13.0. The first-order valence-electron chi connectivity index (χ1n) is 11.0. The molecule has 0 N–H and O–H groups in total. The average molecular weight is 419 g/mol. The highest BCUT2D eigenvalue weighted by Gasteiger charge is 2.05. The van der Waals surface area contributed by atoms with Crippen molar-refractivity contribution >= 4 is 24.3 Å². The van der Waals surface area contributed by atoms with Crippen LogP contribution in [-0.4, -0.2) is 0 Å². The molecule has 4 rings (SSSR count). The molecule has 0 nitrogen and oxygen atoms in total. The second-order valence-corrected chi connectivity index (χ2v) is 8.14. The third-order valence-corrected chi connectivity index (χ3v) is 5.63. The Kier molecular flexibility index (Phi) is 7.09. The fraction of sp³-hybridized carbons (Fsp3) is 0.0968. The molecule has 0 bridgehead atoms. The van der Waals surface area contributed by atoms with Gasteiger partial charge in [-0.2, -0.15) is 0 Å². The Morgan fingerprint density at radius 1 is 0.562 bits per heavy atom. The Morgan fingerprint density at radius 2 is 0.969 bits per heavy atom. The van der Waals surface area contributed by atoms with Gasteiger partial charge in [0.25, 0.3) is 0 Å². The lowest BCUT2D eigenvalue weighted by atomic mass is 9.93. The highest BCUT2D eigenvalue weighted by molar-refractivity contribution is 5.73. The molecule has 0 heterocycles. The molecule has 0 aliphatic rings. The standard InChI is InChI=1S/C31H27F/c1-24(30-5-3-2-4-6-30)23-29-17-15-27(16-18-29)12-11-25-7-9-26(10-8-25)13-14-28-19-21-31(32)22-20-28/h2-22,24H,23H2,1H3/t24-/m1/s1. The average Bonchev–Trinajstić information content (AvgIpc) is 2.84. The molecule has 0 aromatic heterocycles. The highest BCUT2D eigenvalue weighted by atomic mass is 19.1. The molecule has 158 valence electrons. The van der Waals surface area contributed by atoms with Crippen LogP contribution in [-0.2, 0) is 6.42 Å². The number of halogens is 1. The maximum Gasteiger partial charge on any atom is 0.123 e. The fourth-order valence-electron chi connectivity index (χ4n) is 3.69. The lowest BCUT2D eigenvalue weighted by Gasteiger charge is -2.12. The van der Waals surface area contributed by atoms with E-state index in [9.17, 15) is 4.39 Å². The minimum atomic E-state index is -0.213. The van der Waals surface area contributed by atoms with Gasteiger partial charge in [-0.25, -0.2) is 4.39 Å². The van der Waals surface area contributed by atoms with Crippen molar-refractivity contribution in [1.82, 2.24) is 0 Å². The molecule has 0 radical (unpaired) electrons. The van der Waals surface area contributed by atoms with Crippen LogP contribution in [0.1, 0.15) is 46.2 Å². The van der Waals surface area contributed by atoms with Gasteiger partial charge in [0.15, 0.2) is 0 Å². The number of rotatable bonds is 7. The maximum absolute atomic E-state index is 13.0. The van der Waals surface area contributed by atoms with Gasteiger partial charge in [0, 0.05) is 0 Å². The summed E-state index contributed by atoms with van der Waals surface area (Å²) in [5, 5.41) is 0. The summed E-state index contributed by atoms with van der Waals surface area (Å²) >= 11 is 0. The largest absolute Gasteiger partial charge is 0.207 e. The summed E-state index contributed by atoms with van der Waals surface area (Å²) in [6.07, 6.45) is 9.35. The van der Waals surface area contributed by atoms with Gasteiger partial charge < -0.3 is 0 Å². The van der Waals surface area contributed by atoms with Crippen LogP contribution in [0.4, 0.5) is 4.39 Å². The van der Waals surface area contributed by atoms with Crippen LogP contribution in [0.25, 0.3) is 24.3 Å². The molecule has 4 aromatic carbocycles. The van der Waals surface area contributed by atoms with Crippen LogP contribution in [0.2, 0.25) is 0 Å². The van der Waals surface area contributed by atoms with E-state index in [4.69, 9.17) is 0 Å². The van der Waals surface area contributed by atoms with E-state index in [0.29, 0.717) is 5.92 Å². The smallest absolute Gasteiger partial charge is 0.123 e. The van der Waals surface area contributed by atoms with Gasteiger partial charge in [-0.3, -0.25) is 0 Å². The minimum Gasteiger partial charge on any atom is -0.207 e. The molecule has 0 unspecified atom stereocenters. The molecule has 1 heteroatoms. The van der Waals surface area contributed by atoms with Crippen molar-refractivity contribution in [2.45, 2.75) is 19.3 Å². The molecule has 4 aromatic rings. The summed E-state index contributed by atoms with van der Waals surface area (Å²) in [5.74, 6) is 0.294. The first-order valence-corrected chi connectivity index (χ1v) is 11.0. The van der Waals surface area contributed by atoms with E-state index >= 15 is 0 Å². The summed E-state index contributed by atoms with van der Waals surface area (Å²) in [5.41, 5.74) is 7.19. The van der Waals surface area contributed by atoms with Crippen molar-refractivity contribution in [3.05, 3.63) is 142 Å². The van der Waals surface area contributed by atoms with Crippen molar-refractivity contribution < 1.29 is 4.39 Å². The van der Waals surface area contributed by atoms with Crippen molar-refractivity contribution in [2.24, 2.45) is 0 Å². The Hall–Kier alpha value is -3.71. The third kappa shape index (κ3) is 6.15. The molecule has 0 saturated carbocycles. The molecule has 0 aliphatic carbocycles. The first kappa shape index (κ1) is 21.5. The predicted octanol–water partition coefficient (Wildman–Crippen LogP) is 8.51. The van der Waals surface area contributed by atoms with Crippen molar-refractivity contribution in [3.63, 3.8) is 0 Å². The number of hydrogen-bond donors (Lipinski definition) is 0. The van der Waals surface area contributed by atoms with Gasteiger partial charge in [-0.15, -0.1) is 0 Å². The molecule has 0 saturated heterocycles. The Balaban J connectivity index is 1.34. The molecule has 1 atom stereocenters. The molecule has 0 spiro atoms. The zero-order valence-electron chi connectivity index (χ0n) is 18.3. The zero-order valence-corrected chi connectivity index (χ0v) is 18.3. The van der Waals surface area contributed by atoms with Gasteiger partial charge in [-0.05, 0) is 57.9 Å². The van der Waals surface area contributed by atoms with Gasteiger partial charge >= 0.3 is 0 Å². The molecule has 0 aliphatic heterocycles. The van der Waals surface area contributed by atoms with Crippen LogP contribution >= 0.6 is 0 Å². The summed E-state index contributed by atoms with van der Waals surface area (Å²) in [4.78, 5) is 0. The molecular formula is C31H27F. The maximum atomic E-state index is 13.0. The topological polar surface area (TPSA) is 0 Å². The normalized spacial score (nSPS) is 12.4. The highest BCUT2D eigenvalue weighted by Crippen LogP contribution is 2.21. The second-order valence-electron chi connectivity index (χ2n) is 8.14. The van der Waals surface area contributed by atoms with Crippen molar-refractivity contribution in [2.75, 3.05) is 0 Å². The van der Waals surface area contributed by atoms with Crippen LogP contribution < -0.4 is 0 Å². The minimum absolute atomic E-state index is 0.213. The zero-order chi connectivity index (χ0) is 22.2. The first-order chi connectivity index (χ1) is 15.7. The molecular weight excluding hydrogens is 391 g/mol. The Labute approximate surface area is 190 Å². The second kappa shape index (κ2) is 10.5. The van der Waals surface area contributed by atoms with E-state index in [0.717, 1.165) is 23.1 Å². The van der Waals surface area contributed by atoms with Crippen LogP contribution in [0.5, 0.6) is 0 Å². The van der Waals surface area contributed by atoms with E-state index in [2.05, 4.69) is 97.9 Å². The van der Waals surface area contributed by atoms with Crippen LogP contribution in [0.3, 0.4) is 0 Å². The number of benzene rings is 4. The van der Waals surface area contributed by atoms with Crippen molar-refractivity contribution in [1.29, 1.82) is 0 Å². The van der Waals surface area contributed by atoms with E-state index < -0.39 is 0 Å². The van der Waals surface area contributed by atoms with Crippen molar-refractivity contribution in [3.8, 4) is 0 Å². The molecule has 0 fully saturated rings. The van der Waals surface area contributed by atoms with Crippen LogP contribution in [0, 0.1) is 5.82 Å².